The fourth-order valence-corrected chi connectivity index (χ4v) is 3.41. The van der Waals surface area contributed by atoms with E-state index < -0.39 is 0 Å². The number of hydrogen-bond donors (Lipinski definition) is 2. The molecule has 1 aromatic carbocycles. The molecule has 130 valence electrons. The van der Waals surface area contributed by atoms with E-state index in [2.05, 4.69) is 20.8 Å². The summed E-state index contributed by atoms with van der Waals surface area (Å²) in [5, 5.41) is 15.0. The van der Waals surface area contributed by atoms with Crippen LogP contribution in [-0.2, 0) is 4.79 Å². The number of anilines is 2. The largest absolute Gasteiger partial charge is 0.492 e. The Kier molecular flexibility index (Phi) is 7.33. The lowest BCUT2D eigenvalue weighted by Gasteiger charge is -2.10. The van der Waals surface area contributed by atoms with Gasteiger partial charge in [-0.15, -0.1) is 10.2 Å². The molecule has 8 heteroatoms. The number of hydrogen-bond acceptors (Lipinski definition) is 7. The Morgan fingerprint density at radius 1 is 1.33 bits per heavy atom. The van der Waals surface area contributed by atoms with E-state index in [1.165, 1.54) is 23.1 Å². The lowest BCUT2D eigenvalue weighted by Crippen LogP contribution is -2.33. The Morgan fingerprint density at radius 2 is 2.12 bits per heavy atom. The highest BCUT2D eigenvalue weighted by atomic mass is 32.2. The van der Waals surface area contributed by atoms with Crippen LogP contribution in [0.5, 0.6) is 5.75 Å². The Bertz CT molecular complexity index is 663. The van der Waals surface area contributed by atoms with E-state index in [-0.39, 0.29) is 11.9 Å². The normalized spacial score (nSPS) is 11.8. The predicted molar refractivity (Wildman–Crippen MR) is 99.4 cm³/mol. The topological polar surface area (TPSA) is 76.1 Å². The molecule has 1 atom stereocenters. The minimum absolute atomic E-state index is 0.0146. The molecular weight excluding hydrogens is 344 g/mol. The highest BCUT2D eigenvalue weighted by Crippen LogP contribution is 2.31. The molecule has 0 saturated heterocycles. The zero-order valence-corrected chi connectivity index (χ0v) is 15.7. The molecule has 0 aliphatic rings. The van der Waals surface area contributed by atoms with Crippen LogP contribution in [0.15, 0.2) is 28.6 Å². The molecule has 1 aromatic heterocycles. The number of nitrogens with one attached hydrogen (secondary N) is 2. The summed E-state index contributed by atoms with van der Waals surface area (Å²) in [6, 6.07) is 7.88. The Balaban J connectivity index is 1.90. The van der Waals surface area contributed by atoms with Crippen molar-refractivity contribution in [2.45, 2.75) is 37.6 Å². The van der Waals surface area contributed by atoms with Gasteiger partial charge in [-0.05, 0) is 32.4 Å². The second kappa shape index (κ2) is 9.48. The van der Waals surface area contributed by atoms with Gasteiger partial charge in [0.25, 0.3) is 0 Å². The lowest BCUT2D eigenvalue weighted by molar-refractivity contribution is -0.119. The van der Waals surface area contributed by atoms with Gasteiger partial charge in [0, 0.05) is 6.04 Å². The van der Waals surface area contributed by atoms with Gasteiger partial charge in [-0.25, -0.2) is 0 Å². The molecule has 0 saturated carbocycles. The molecule has 0 aliphatic carbocycles. The van der Waals surface area contributed by atoms with E-state index in [4.69, 9.17) is 4.74 Å². The minimum atomic E-state index is 0.0146. The molecule has 2 rings (SSSR count). The summed E-state index contributed by atoms with van der Waals surface area (Å²) in [5.74, 6) is 1.13. The van der Waals surface area contributed by atoms with Crippen molar-refractivity contribution < 1.29 is 9.53 Å². The first-order chi connectivity index (χ1) is 11.6. The van der Waals surface area contributed by atoms with Gasteiger partial charge in [0.15, 0.2) is 4.34 Å². The van der Waals surface area contributed by atoms with Gasteiger partial charge in [-0.3, -0.25) is 4.79 Å². The fourth-order valence-electron chi connectivity index (χ4n) is 1.83. The van der Waals surface area contributed by atoms with Crippen molar-refractivity contribution in [3.63, 3.8) is 0 Å². The quantitative estimate of drug-likeness (QED) is 0.659. The average Bonchev–Trinajstić information content (AvgIpc) is 3.02. The molecule has 1 amide bonds. The Morgan fingerprint density at radius 3 is 2.88 bits per heavy atom. The fraction of sp³-hybridized carbons (Fsp3) is 0.438. The first-order valence-corrected chi connectivity index (χ1v) is 9.67. The van der Waals surface area contributed by atoms with Gasteiger partial charge < -0.3 is 15.4 Å². The summed E-state index contributed by atoms with van der Waals surface area (Å²) in [4.78, 5) is 11.8. The second-order valence-electron chi connectivity index (χ2n) is 5.09. The van der Waals surface area contributed by atoms with Gasteiger partial charge in [-0.2, -0.15) is 0 Å². The zero-order chi connectivity index (χ0) is 17.4. The SMILES string of the molecule is CCOc1ccccc1Nc1nnc(SCC(=O)N[C@@H](C)CC)s1. The number of nitrogens with zero attached hydrogens (tertiary/aromatic N) is 2. The summed E-state index contributed by atoms with van der Waals surface area (Å²) in [6.45, 7) is 6.58. The molecular formula is C16H22N4O2S2. The van der Waals surface area contributed by atoms with Crippen LogP contribution in [0.2, 0.25) is 0 Å². The highest BCUT2D eigenvalue weighted by molar-refractivity contribution is 8.01. The van der Waals surface area contributed by atoms with E-state index in [1.807, 2.05) is 45.0 Å². The van der Waals surface area contributed by atoms with Gasteiger partial charge in [-0.1, -0.05) is 42.2 Å². The number of carbonyl (C=O) groups is 1. The third kappa shape index (κ3) is 5.68. The summed E-state index contributed by atoms with van der Waals surface area (Å²) < 4.78 is 6.33. The molecule has 0 spiro atoms. The van der Waals surface area contributed by atoms with Crippen molar-refractivity contribution in [3.05, 3.63) is 24.3 Å². The van der Waals surface area contributed by atoms with Gasteiger partial charge in [0.2, 0.25) is 11.0 Å². The molecule has 0 bridgehead atoms. The number of ether oxygens (including phenoxy) is 1. The van der Waals surface area contributed by atoms with Crippen LogP contribution in [0.4, 0.5) is 10.8 Å². The number of benzene rings is 1. The van der Waals surface area contributed by atoms with Crippen LogP contribution < -0.4 is 15.4 Å². The summed E-state index contributed by atoms with van der Waals surface area (Å²) in [7, 11) is 0. The number of aromatic nitrogens is 2. The summed E-state index contributed by atoms with van der Waals surface area (Å²) in [5.41, 5.74) is 0.849. The van der Waals surface area contributed by atoms with Gasteiger partial charge in [0.05, 0.1) is 18.0 Å². The van der Waals surface area contributed by atoms with Crippen LogP contribution in [0.1, 0.15) is 27.2 Å². The Hall–Kier alpha value is -1.80. The van der Waals surface area contributed by atoms with Crippen molar-refractivity contribution >= 4 is 39.8 Å². The van der Waals surface area contributed by atoms with E-state index in [1.54, 1.807) is 0 Å². The maximum atomic E-state index is 11.8. The van der Waals surface area contributed by atoms with Crippen LogP contribution in [0.25, 0.3) is 0 Å². The van der Waals surface area contributed by atoms with Crippen LogP contribution >= 0.6 is 23.1 Å². The Labute approximate surface area is 150 Å². The van der Waals surface area contributed by atoms with Gasteiger partial charge >= 0.3 is 0 Å². The smallest absolute Gasteiger partial charge is 0.230 e. The average molecular weight is 367 g/mol. The van der Waals surface area contributed by atoms with Gasteiger partial charge in [0.1, 0.15) is 5.75 Å². The van der Waals surface area contributed by atoms with E-state index in [9.17, 15) is 4.79 Å². The van der Waals surface area contributed by atoms with E-state index >= 15 is 0 Å². The monoisotopic (exact) mass is 366 g/mol. The highest BCUT2D eigenvalue weighted by Gasteiger charge is 2.11. The molecule has 6 nitrogen and oxygen atoms in total. The lowest BCUT2D eigenvalue weighted by atomic mass is 10.3. The van der Waals surface area contributed by atoms with Crippen molar-refractivity contribution in [2.75, 3.05) is 17.7 Å². The van der Waals surface area contributed by atoms with Crippen molar-refractivity contribution in [1.82, 2.24) is 15.5 Å². The molecule has 0 unspecified atom stereocenters. The number of thioether (sulfide) groups is 1. The van der Waals surface area contributed by atoms with Crippen LogP contribution in [0.3, 0.4) is 0 Å². The molecule has 0 radical (unpaired) electrons. The molecule has 0 aliphatic heterocycles. The van der Waals surface area contributed by atoms with E-state index in [0.717, 1.165) is 22.2 Å². The standard InChI is InChI=1S/C16H22N4O2S2/c1-4-11(3)17-14(21)10-23-16-20-19-15(24-16)18-12-8-6-7-9-13(12)22-5-2/h6-9,11H,4-5,10H2,1-3H3,(H,17,21)(H,18,19)/t11-/m0/s1. The van der Waals surface area contributed by atoms with Crippen molar-refractivity contribution in [2.24, 2.45) is 0 Å². The zero-order valence-electron chi connectivity index (χ0n) is 14.0. The molecule has 2 aromatic rings. The van der Waals surface area contributed by atoms with Crippen molar-refractivity contribution in [1.29, 1.82) is 0 Å². The van der Waals surface area contributed by atoms with Crippen molar-refractivity contribution in [3.8, 4) is 5.75 Å². The number of rotatable bonds is 9. The summed E-state index contributed by atoms with van der Waals surface area (Å²) in [6.07, 6.45) is 0.919. The maximum absolute atomic E-state index is 11.8. The first-order valence-electron chi connectivity index (χ1n) is 7.86. The summed E-state index contributed by atoms with van der Waals surface area (Å²) >= 11 is 2.80. The minimum Gasteiger partial charge on any atom is -0.492 e. The third-order valence-electron chi connectivity index (χ3n) is 3.18. The molecule has 24 heavy (non-hydrogen) atoms. The molecule has 2 N–H and O–H groups in total. The number of carbonyl (C=O) groups excluding carboxylic acids is 1. The number of amides is 1. The molecule has 1 heterocycles. The predicted octanol–water partition coefficient (Wildman–Crippen LogP) is 3.69. The number of para-hydroxylation sites is 2. The first kappa shape index (κ1) is 18.5. The third-order valence-corrected chi connectivity index (χ3v) is 5.15. The maximum Gasteiger partial charge on any atom is 0.230 e. The second-order valence-corrected chi connectivity index (χ2v) is 7.29. The van der Waals surface area contributed by atoms with Crippen LogP contribution in [0, 0.1) is 0 Å². The van der Waals surface area contributed by atoms with Crippen LogP contribution in [-0.4, -0.2) is 34.5 Å². The molecule has 0 fully saturated rings. The van der Waals surface area contributed by atoms with E-state index in [0.29, 0.717) is 17.5 Å².